The van der Waals surface area contributed by atoms with Gasteiger partial charge in [0.15, 0.2) is 0 Å². The summed E-state index contributed by atoms with van der Waals surface area (Å²) in [5.41, 5.74) is 4.03. The van der Waals surface area contributed by atoms with Crippen molar-refractivity contribution in [3.8, 4) is 0 Å². The standard InChI is InChI=1S/C25H26Cl2N2O3/c1-16(2)19-5-4-6-20(13-19)28-15-23-21(26)14-22(27)24(30)29(23)12-11-17-7-9-18(10-8-17)25(31)32-3/h4-10,13-14,16,28H,11-12,15H2,1-3H3. The Morgan fingerprint density at radius 3 is 2.44 bits per heavy atom. The highest BCUT2D eigenvalue weighted by Crippen LogP contribution is 2.22. The minimum Gasteiger partial charge on any atom is -0.465 e. The number of hydrogen-bond donors (Lipinski definition) is 1. The van der Waals surface area contributed by atoms with Crippen LogP contribution in [0, 0.1) is 0 Å². The van der Waals surface area contributed by atoms with Gasteiger partial charge in [0, 0.05) is 12.2 Å². The molecule has 0 saturated carbocycles. The highest BCUT2D eigenvalue weighted by molar-refractivity contribution is 6.34. The molecular formula is C25H26Cl2N2O3. The second kappa shape index (κ2) is 10.7. The Hall–Kier alpha value is -2.76. The maximum atomic E-state index is 12.8. The number of rotatable bonds is 8. The van der Waals surface area contributed by atoms with E-state index in [2.05, 4.69) is 31.3 Å². The number of carbonyl (C=O) groups is 1. The quantitative estimate of drug-likeness (QED) is 0.413. The summed E-state index contributed by atoms with van der Waals surface area (Å²) in [5.74, 6) is 0.0314. The highest BCUT2D eigenvalue weighted by Gasteiger charge is 2.14. The Morgan fingerprint density at radius 1 is 1.06 bits per heavy atom. The lowest BCUT2D eigenvalue weighted by molar-refractivity contribution is 0.0600. The van der Waals surface area contributed by atoms with Crippen molar-refractivity contribution in [2.75, 3.05) is 12.4 Å². The first-order valence-electron chi connectivity index (χ1n) is 10.4. The first-order valence-corrected chi connectivity index (χ1v) is 11.1. The van der Waals surface area contributed by atoms with Crippen LogP contribution < -0.4 is 10.9 Å². The molecule has 0 atom stereocenters. The number of pyridine rings is 1. The number of anilines is 1. The van der Waals surface area contributed by atoms with Gasteiger partial charge in [0.2, 0.25) is 0 Å². The van der Waals surface area contributed by atoms with Gasteiger partial charge in [0.25, 0.3) is 5.56 Å². The number of halogens is 2. The minimum atomic E-state index is -0.385. The zero-order valence-electron chi connectivity index (χ0n) is 18.3. The lowest BCUT2D eigenvalue weighted by atomic mass is 10.0. The van der Waals surface area contributed by atoms with E-state index < -0.39 is 0 Å². The van der Waals surface area contributed by atoms with E-state index in [0.717, 1.165) is 11.3 Å². The maximum absolute atomic E-state index is 12.8. The summed E-state index contributed by atoms with van der Waals surface area (Å²) in [6.45, 7) is 5.07. The first kappa shape index (κ1) is 23.9. The van der Waals surface area contributed by atoms with Crippen LogP contribution in [0.2, 0.25) is 10.0 Å². The fraction of sp³-hybridized carbons (Fsp3) is 0.280. The predicted octanol–water partition coefficient (Wildman–Crippen LogP) is 5.92. The fourth-order valence-corrected chi connectivity index (χ4v) is 3.96. The number of esters is 1. The van der Waals surface area contributed by atoms with Gasteiger partial charge < -0.3 is 14.6 Å². The lowest BCUT2D eigenvalue weighted by Gasteiger charge is -2.17. The second-order valence-corrected chi connectivity index (χ2v) is 8.63. The number of methoxy groups -OCH3 is 1. The van der Waals surface area contributed by atoms with E-state index >= 15 is 0 Å². The third kappa shape index (κ3) is 5.72. The number of aryl methyl sites for hydroxylation is 1. The van der Waals surface area contributed by atoms with Gasteiger partial charge in [-0.15, -0.1) is 0 Å². The Kier molecular flexibility index (Phi) is 7.99. The molecule has 0 aliphatic carbocycles. The molecule has 0 unspecified atom stereocenters. The van der Waals surface area contributed by atoms with Crippen LogP contribution >= 0.6 is 23.2 Å². The second-order valence-electron chi connectivity index (χ2n) is 7.82. The number of hydrogen-bond acceptors (Lipinski definition) is 4. The molecule has 1 aromatic heterocycles. The maximum Gasteiger partial charge on any atom is 0.337 e. The third-order valence-electron chi connectivity index (χ3n) is 5.32. The van der Waals surface area contributed by atoms with Gasteiger partial charge in [-0.2, -0.15) is 0 Å². The van der Waals surface area contributed by atoms with Crippen LogP contribution in [0.3, 0.4) is 0 Å². The Balaban J connectivity index is 1.80. The molecule has 0 bridgehead atoms. The molecular weight excluding hydrogens is 447 g/mol. The monoisotopic (exact) mass is 472 g/mol. The molecule has 0 radical (unpaired) electrons. The Morgan fingerprint density at radius 2 is 1.78 bits per heavy atom. The smallest absolute Gasteiger partial charge is 0.337 e. The fourth-order valence-electron chi connectivity index (χ4n) is 3.41. The van der Waals surface area contributed by atoms with E-state index in [1.807, 2.05) is 24.3 Å². The average Bonchev–Trinajstić information content (AvgIpc) is 2.79. The molecule has 0 saturated heterocycles. The van der Waals surface area contributed by atoms with Crippen LogP contribution in [0.5, 0.6) is 0 Å². The molecule has 1 N–H and O–H groups in total. The Labute approximate surface area is 197 Å². The highest BCUT2D eigenvalue weighted by atomic mass is 35.5. The molecule has 7 heteroatoms. The van der Waals surface area contributed by atoms with Crippen molar-refractivity contribution in [3.05, 3.63) is 97.4 Å². The molecule has 32 heavy (non-hydrogen) atoms. The normalized spacial score (nSPS) is 10.9. The molecule has 1 heterocycles. The summed E-state index contributed by atoms with van der Waals surface area (Å²) in [4.78, 5) is 24.4. The zero-order chi connectivity index (χ0) is 23.3. The summed E-state index contributed by atoms with van der Waals surface area (Å²) >= 11 is 12.6. The van der Waals surface area contributed by atoms with Gasteiger partial charge >= 0.3 is 5.97 Å². The van der Waals surface area contributed by atoms with Crippen molar-refractivity contribution in [1.82, 2.24) is 4.57 Å². The van der Waals surface area contributed by atoms with Crippen molar-refractivity contribution in [1.29, 1.82) is 0 Å². The van der Waals surface area contributed by atoms with Crippen molar-refractivity contribution < 1.29 is 9.53 Å². The summed E-state index contributed by atoms with van der Waals surface area (Å²) in [6, 6.07) is 16.8. The average molecular weight is 473 g/mol. The number of ether oxygens (including phenoxy) is 1. The molecule has 3 rings (SSSR count). The van der Waals surface area contributed by atoms with Gasteiger partial charge in [0.1, 0.15) is 5.02 Å². The molecule has 0 spiro atoms. The van der Waals surface area contributed by atoms with E-state index in [1.54, 1.807) is 16.7 Å². The van der Waals surface area contributed by atoms with Gasteiger partial charge in [-0.3, -0.25) is 4.79 Å². The van der Waals surface area contributed by atoms with Crippen molar-refractivity contribution in [3.63, 3.8) is 0 Å². The summed E-state index contributed by atoms with van der Waals surface area (Å²) < 4.78 is 6.34. The third-order valence-corrected chi connectivity index (χ3v) is 5.91. The number of carbonyl (C=O) groups excluding carboxylic acids is 1. The van der Waals surface area contributed by atoms with Crippen molar-refractivity contribution in [2.45, 2.75) is 39.3 Å². The van der Waals surface area contributed by atoms with E-state index in [9.17, 15) is 9.59 Å². The van der Waals surface area contributed by atoms with Crippen molar-refractivity contribution in [2.24, 2.45) is 0 Å². The van der Waals surface area contributed by atoms with E-state index in [0.29, 0.717) is 41.7 Å². The number of nitrogens with zero attached hydrogens (tertiary/aromatic N) is 1. The van der Waals surface area contributed by atoms with E-state index in [1.165, 1.54) is 18.7 Å². The SMILES string of the molecule is COC(=O)c1ccc(CCn2c(CNc3cccc(C(C)C)c3)c(Cl)cc(Cl)c2=O)cc1. The van der Waals surface area contributed by atoms with Gasteiger partial charge in [-0.1, -0.05) is 61.3 Å². The summed E-state index contributed by atoms with van der Waals surface area (Å²) in [5, 5.41) is 3.89. The molecule has 3 aromatic rings. The Bertz CT molecular complexity index is 1150. The molecule has 168 valence electrons. The van der Waals surface area contributed by atoms with Crippen molar-refractivity contribution >= 4 is 34.9 Å². The molecule has 2 aromatic carbocycles. The minimum absolute atomic E-state index is 0.0848. The molecule has 0 aliphatic rings. The predicted molar refractivity (Wildman–Crippen MR) is 130 cm³/mol. The molecule has 0 aliphatic heterocycles. The van der Waals surface area contributed by atoms with Crippen LogP contribution in [0.15, 0.2) is 59.4 Å². The van der Waals surface area contributed by atoms with Crippen LogP contribution in [0.25, 0.3) is 0 Å². The van der Waals surface area contributed by atoms with Gasteiger partial charge in [-0.05, 0) is 53.8 Å². The summed E-state index contributed by atoms with van der Waals surface area (Å²) in [7, 11) is 1.35. The lowest BCUT2D eigenvalue weighted by Crippen LogP contribution is -2.26. The van der Waals surface area contributed by atoms with E-state index in [-0.39, 0.29) is 16.6 Å². The van der Waals surface area contributed by atoms with Crippen LogP contribution in [0.1, 0.15) is 46.9 Å². The summed E-state index contributed by atoms with van der Waals surface area (Å²) in [6.07, 6.45) is 0.577. The van der Waals surface area contributed by atoms with E-state index in [4.69, 9.17) is 27.9 Å². The number of benzene rings is 2. The number of aromatic nitrogens is 1. The topological polar surface area (TPSA) is 60.3 Å². The first-order chi connectivity index (χ1) is 15.3. The molecule has 0 amide bonds. The largest absolute Gasteiger partial charge is 0.465 e. The van der Waals surface area contributed by atoms with Crippen LogP contribution in [0.4, 0.5) is 5.69 Å². The van der Waals surface area contributed by atoms with Gasteiger partial charge in [0.05, 0.1) is 29.9 Å². The number of nitrogens with one attached hydrogen (secondary N) is 1. The van der Waals surface area contributed by atoms with Gasteiger partial charge in [-0.25, -0.2) is 4.79 Å². The molecule has 5 nitrogen and oxygen atoms in total. The molecule has 0 fully saturated rings. The van der Waals surface area contributed by atoms with Crippen LogP contribution in [-0.4, -0.2) is 17.6 Å². The van der Waals surface area contributed by atoms with Crippen LogP contribution in [-0.2, 0) is 24.2 Å². The zero-order valence-corrected chi connectivity index (χ0v) is 19.8.